The van der Waals surface area contributed by atoms with Crippen molar-refractivity contribution >= 4 is 34.4 Å². The molecule has 7 nitrogen and oxygen atoms in total. The van der Waals surface area contributed by atoms with E-state index in [9.17, 15) is 14.0 Å². The molecule has 0 saturated carbocycles. The van der Waals surface area contributed by atoms with Gasteiger partial charge in [0, 0.05) is 11.9 Å². The van der Waals surface area contributed by atoms with E-state index in [4.69, 9.17) is 0 Å². The minimum atomic E-state index is -0.415. The Labute approximate surface area is 152 Å². The number of halogens is 1. The molecule has 0 spiro atoms. The van der Waals surface area contributed by atoms with Crippen LogP contribution in [-0.2, 0) is 11.3 Å². The first-order valence-electron chi connectivity index (χ1n) is 7.89. The number of fused-ring (bicyclic) bond motifs is 1. The van der Waals surface area contributed by atoms with E-state index >= 15 is 0 Å². The highest BCUT2D eigenvalue weighted by Crippen LogP contribution is 2.16. The zero-order valence-corrected chi connectivity index (χ0v) is 15.0. The maximum atomic E-state index is 13.1. The van der Waals surface area contributed by atoms with Gasteiger partial charge in [0.05, 0.1) is 0 Å². The fourth-order valence-corrected chi connectivity index (χ4v) is 2.90. The van der Waals surface area contributed by atoms with Gasteiger partial charge in [-0.3, -0.25) is 14.2 Å². The van der Waals surface area contributed by atoms with Gasteiger partial charge in [-0.15, -0.1) is 0 Å². The van der Waals surface area contributed by atoms with Gasteiger partial charge < -0.3 is 5.32 Å². The Morgan fingerprint density at radius 2 is 2.15 bits per heavy atom. The summed E-state index contributed by atoms with van der Waals surface area (Å²) in [5, 5.41) is 3.46. The number of rotatable bonds is 5. The predicted octanol–water partition coefficient (Wildman–Crippen LogP) is 2.38. The number of hydrogen-bond donors (Lipinski definition) is 1. The van der Waals surface area contributed by atoms with Crippen LogP contribution in [0, 0.1) is 12.7 Å². The van der Waals surface area contributed by atoms with Crippen molar-refractivity contribution in [3.05, 3.63) is 52.5 Å². The van der Waals surface area contributed by atoms with E-state index in [1.807, 2.05) is 6.92 Å². The second kappa shape index (κ2) is 7.61. The molecule has 0 bridgehead atoms. The van der Waals surface area contributed by atoms with Crippen LogP contribution in [0.2, 0.25) is 0 Å². The molecule has 2 aromatic heterocycles. The molecule has 2 heterocycles. The Balaban J connectivity index is 1.82. The van der Waals surface area contributed by atoms with Crippen molar-refractivity contribution in [3.8, 4) is 0 Å². The summed E-state index contributed by atoms with van der Waals surface area (Å²) in [6.45, 7) is 3.45. The molecule has 3 aromatic rings. The third-order valence-corrected chi connectivity index (χ3v) is 4.35. The normalized spacial score (nSPS) is 10.9. The molecule has 0 aliphatic carbocycles. The van der Waals surface area contributed by atoms with Gasteiger partial charge in [-0.2, -0.15) is 0 Å². The Hall–Kier alpha value is -2.81. The lowest BCUT2D eigenvalue weighted by atomic mass is 10.2. The summed E-state index contributed by atoms with van der Waals surface area (Å²) < 4.78 is 14.3. The lowest BCUT2D eigenvalue weighted by molar-refractivity contribution is -0.116. The van der Waals surface area contributed by atoms with Crippen molar-refractivity contribution in [2.24, 2.45) is 0 Å². The Bertz CT molecular complexity index is 1040. The van der Waals surface area contributed by atoms with Crippen LogP contribution >= 0.6 is 11.8 Å². The van der Waals surface area contributed by atoms with Gasteiger partial charge in [-0.05, 0) is 36.4 Å². The number of aryl methyl sites for hydroxylation is 1. The number of carbonyl (C=O) groups excluding carboxylic acids is 1. The molecular formula is C17H16FN5O2S. The number of carbonyl (C=O) groups is 1. The van der Waals surface area contributed by atoms with Crippen molar-refractivity contribution < 1.29 is 9.18 Å². The summed E-state index contributed by atoms with van der Waals surface area (Å²) in [6, 6.07) is 4.06. The number of anilines is 1. The number of nitrogens with zero attached hydrogens (tertiary/aromatic N) is 4. The van der Waals surface area contributed by atoms with Gasteiger partial charge >= 0.3 is 0 Å². The molecule has 0 unspecified atom stereocenters. The predicted molar refractivity (Wildman–Crippen MR) is 97.8 cm³/mol. The van der Waals surface area contributed by atoms with E-state index in [0.29, 0.717) is 22.1 Å². The topological polar surface area (TPSA) is 89.8 Å². The number of amides is 1. The molecule has 0 radical (unpaired) electrons. The Kier molecular flexibility index (Phi) is 5.27. The second-order valence-electron chi connectivity index (χ2n) is 5.51. The van der Waals surface area contributed by atoms with Gasteiger partial charge in [-0.25, -0.2) is 19.3 Å². The molecule has 1 amide bonds. The SMILES string of the molecule is CCSc1ncc2c(=O)n(CC(=O)Nc3ccc(F)cc3C)cnc2n1. The Morgan fingerprint density at radius 1 is 1.35 bits per heavy atom. The minimum Gasteiger partial charge on any atom is -0.324 e. The molecule has 0 aliphatic heterocycles. The zero-order valence-electron chi connectivity index (χ0n) is 14.2. The summed E-state index contributed by atoms with van der Waals surface area (Å²) in [7, 11) is 0. The number of thioether (sulfide) groups is 1. The van der Waals surface area contributed by atoms with Crippen LogP contribution in [0.5, 0.6) is 0 Å². The van der Waals surface area contributed by atoms with E-state index in [1.54, 1.807) is 6.92 Å². The fraction of sp³-hybridized carbons (Fsp3) is 0.235. The summed E-state index contributed by atoms with van der Waals surface area (Å²) >= 11 is 1.45. The summed E-state index contributed by atoms with van der Waals surface area (Å²) in [6.07, 6.45) is 2.71. The lowest BCUT2D eigenvalue weighted by Gasteiger charge is -2.10. The van der Waals surface area contributed by atoms with Gasteiger partial charge in [-0.1, -0.05) is 18.7 Å². The van der Waals surface area contributed by atoms with Crippen LogP contribution in [0.3, 0.4) is 0 Å². The molecule has 134 valence electrons. The zero-order chi connectivity index (χ0) is 18.7. The van der Waals surface area contributed by atoms with E-state index in [-0.39, 0.29) is 17.7 Å². The third-order valence-electron chi connectivity index (χ3n) is 3.61. The smallest absolute Gasteiger partial charge is 0.264 e. The van der Waals surface area contributed by atoms with Crippen molar-refractivity contribution in [2.75, 3.05) is 11.1 Å². The first-order valence-corrected chi connectivity index (χ1v) is 8.87. The largest absolute Gasteiger partial charge is 0.324 e. The number of aromatic nitrogens is 4. The highest BCUT2D eigenvalue weighted by atomic mass is 32.2. The maximum absolute atomic E-state index is 13.1. The van der Waals surface area contributed by atoms with Gasteiger partial charge in [0.25, 0.3) is 5.56 Å². The third kappa shape index (κ3) is 3.88. The van der Waals surface area contributed by atoms with E-state index in [1.165, 1.54) is 47.1 Å². The molecule has 3 rings (SSSR count). The second-order valence-corrected chi connectivity index (χ2v) is 6.74. The lowest BCUT2D eigenvalue weighted by Crippen LogP contribution is -2.28. The summed E-state index contributed by atoms with van der Waals surface area (Å²) in [5.74, 6) is 0.0176. The van der Waals surface area contributed by atoms with Crippen molar-refractivity contribution in [1.29, 1.82) is 0 Å². The first-order chi connectivity index (χ1) is 12.5. The summed E-state index contributed by atoms with van der Waals surface area (Å²) in [4.78, 5) is 37.2. The average molecular weight is 373 g/mol. The summed E-state index contributed by atoms with van der Waals surface area (Å²) in [5.41, 5.74) is 0.987. The monoisotopic (exact) mass is 373 g/mol. The molecule has 0 aliphatic rings. The van der Waals surface area contributed by atoms with Crippen LogP contribution in [0.25, 0.3) is 11.0 Å². The van der Waals surface area contributed by atoms with Gasteiger partial charge in [0.1, 0.15) is 24.1 Å². The highest BCUT2D eigenvalue weighted by Gasteiger charge is 2.11. The number of hydrogen-bond acceptors (Lipinski definition) is 6. The van der Waals surface area contributed by atoms with Crippen LogP contribution in [0.1, 0.15) is 12.5 Å². The molecule has 26 heavy (non-hydrogen) atoms. The van der Waals surface area contributed by atoms with Crippen LogP contribution in [0.15, 0.2) is 40.7 Å². The molecule has 0 fully saturated rings. The molecule has 1 aromatic carbocycles. The molecular weight excluding hydrogens is 357 g/mol. The fourth-order valence-electron chi connectivity index (χ4n) is 2.36. The standard InChI is InChI=1S/C17H16FN5O2S/c1-3-26-17-19-7-12-15(22-17)20-9-23(16(12)25)8-14(24)21-13-5-4-11(18)6-10(13)2/h4-7,9H,3,8H2,1-2H3,(H,21,24). The molecule has 9 heteroatoms. The van der Waals surface area contributed by atoms with E-state index < -0.39 is 11.5 Å². The van der Waals surface area contributed by atoms with Crippen LogP contribution in [0.4, 0.5) is 10.1 Å². The quantitative estimate of drug-likeness (QED) is 0.546. The minimum absolute atomic E-state index is 0.218. The Morgan fingerprint density at radius 3 is 2.88 bits per heavy atom. The average Bonchev–Trinajstić information content (AvgIpc) is 2.60. The van der Waals surface area contributed by atoms with Gasteiger partial charge in [0.2, 0.25) is 5.91 Å². The van der Waals surface area contributed by atoms with Gasteiger partial charge in [0.15, 0.2) is 10.8 Å². The molecule has 0 saturated heterocycles. The first kappa shape index (κ1) is 18.0. The maximum Gasteiger partial charge on any atom is 0.264 e. The van der Waals surface area contributed by atoms with Crippen LogP contribution in [-0.4, -0.2) is 31.2 Å². The van der Waals surface area contributed by atoms with Crippen LogP contribution < -0.4 is 10.9 Å². The van der Waals surface area contributed by atoms with E-state index in [0.717, 1.165) is 5.75 Å². The van der Waals surface area contributed by atoms with Crippen molar-refractivity contribution in [3.63, 3.8) is 0 Å². The van der Waals surface area contributed by atoms with Crippen molar-refractivity contribution in [1.82, 2.24) is 19.5 Å². The molecule has 1 N–H and O–H groups in total. The van der Waals surface area contributed by atoms with Crippen molar-refractivity contribution in [2.45, 2.75) is 25.5 Å². The highest BCUT2D eigenvalue weighted by molar-refractivity contribution is 7.99. The van der Waals surface area contributed by atoms with E-state index in [2.05, 4.69) is 20.3 Å². The number of benzene rings is 1. The molecule has 0 atom stereocenters. The number of nitrogens with one attached hydrogen (secondary N) is 1.